The Hall–Kier alpha value is -0.630. The monoisotopic (exact) mass is 377 g/mol. The molecule has 3 rings (SSSR count). The van der Waals surface area contributed by atoms with Gasteiger partial charge in [-0.3, -0.25) is 4.40 Å². The molecule has 1 aliphatic carbocycles. The number of fused-ring (bicyclic) bond motifs is 1. The van der Waals surface area contributed by atoms with E-state index in [0.717, 1.165) is 30.2 Å². The van der Waals surface area contributed by atoms with Gasteiger partial charge in [-0.15, -0.1) is 0 Å². The average molecular weight is 379 g/mol. The van der Waals surface area contributed by atoms with Crippen LogP contribution in [0.4, 0.5) is 0 Å². The first-order chi connectivity index (χ1) is 9.47. The van der Waals surface area contributed by atoms with E-state index in [-0.39, 0.29) is 16.2 Å². The molecule has 2 aromatic heterocycles. The first-order valence-corrected chi connectivity index (χ1v) is 8.98. The lowest BCUT2D eigenvalue weighted by molar-refractivity contribution is 0.548. The van der Waals surface area contributed by atoms with Gasteiger partial charge in [-0.25, -0.2) is 18.1 Å². The Kier molecular flexibility index (Phi) is 3.79. The number of nitrogens with one attached hydrogen (secondary N) is 1. The van der Waals surface area contributed by atoms with Crippen molar-refractivity contribution in [3.63, 3.8) is 0 Å². The van der Waals surface area contributed by atoms with Gasteiger partial charge in [0, 0.05) is 16.7 Å². The molecule has 0 aliphatic heterocycles. The molecule has 0 aromatic carbocycles. The van der Waals surface area contributed by atoms with Gasteiger partial charge in [0.05, 0.1) is 0 Å². The average Bonchev–Trinajstić information content (AvgIpc) is 2.94. The summed E-state index contributed by atoms with van der Waals surface area (Å²) in [6.45, 7) is 0. The van der Waals surface area contributed by atoms with Crippen LogP contribution < -0.4 is 4.72 Å². The maximum absolute atomic E-state index is 12.5. The van der Waals surface area contributed by atoms with E-state index in [1.165, 1.54) is 4.40 Å². The molecule has 20 heavy (non-hydrogen) atoms. The van der Waals surface area contributed by atoms with Crippen molar-refractivity contribution < 1.29 is 8.42 Å². The Morgan fingerprint density at radius 2 is 2.05 bits per heavy atom. The van der Waals surface area contributed by atoms with Gasteiger partial charge >= 0.3 is 0 Å². The van der Waals surface area contributed by atoms with E-state index >= 15 is 0 Å². The zero-order chi connectivity index (χ0) is 14.3. The van der Waals surface area contributed by atoms with Crippen molar-refractivity contribution >= 4 is 43.2 Å². The van der Waals surface area contributed by atoms with Crippen molar-refractivity contribution in [1.82, 2.24) is 14.1 Å². The number of hydrogen-bond donors (Lipinski definition) is 1. The van der Waals surface area contributed by atoms with Gasteiger partial charge in [0.15, 0.2) is 10.2 Å². The molecule has 1 fully saturated rings. The molecule has 0 radical (unpaired) electrons. The van der Waals surface area contributed by atoms with Gasteiger partial charge in [0.25, 0.3) is 10.0 Å². The van der Waals surface area contributed by atoms with Gasteiger partial charge in [-0.1, -0.05) is 24.4 Å². The number of halogens is 2. The van der Waals surface area contributed by atoms with Crippen molar-refractivity contribution in [3.8, 4) is 0 Å². The van der Waals surface area contributed by atoms with Crippen molar-refractivity contribution in [1.29, 1.82) is 0 Å². The fourth-order valence-electron chi connectivity index (χ4n) is 2.53. The Morgan fingerprint density at radius 1 is 1.35 bits per heavy atom. The third-order valence-electron chi connectivity index (χ3n) is 3.43. The molecule has 0 bridgehead atoms. The van der Waals surface area contributed by atoms with Gasteiger partial charge < -0.3 is 0 Å². The number of pyridine rings is 1. The molecule has 1 N–H and O–H groups in total. The van der Waals surface area contributed by atoms with E-state index in [4.69, 9.17) is 11.6 Å². The molecular formula is C12H13BrClN3O2S. The smallest absolute Gasteiger partial charge is 0.260 e. The van der Waals surface area contributed by atoms with Crippen LogP contribution in [0, 0.1) is 0 Å². The summed E-state index contributed by atoms with van der Waals surface area (Å²) in [7, 11) is -3.68. The lowest BCUT2D eigenvalue weighted by Crippen LogP contribution is -2.33. The van der Waals surface area contributed by atoms with Crippen LogP contribution in [0.3, 0.4) is 0 Å². The van der Waals surface area contributed by atoms with Crippen LogP contribution in [0.25, 0.3) is 5.65 Å². The summed E-state index contributed by atoms with van der Waals surface area (Å²) in [6, 6.07) is 3.50. The molecule has 108 valence electrons. The number of imidazole rings is 1. The highest BCUT2D eigenvalue weighted by Gasteiger charge is 2.28. The minimum absolute atomic E-state index is 0.00219. The van der Waals surface area contributed by atoms with E-state index in [2.05, 4.69) is 25.6 Å². The van der Waals surface area contributed by atoms with E-state index in [9.17, 15) is 8.42 Å². The van der Waals surface area contributed by atoms with E-state index < -0.39 is 10.0 Å². The fourth-order valence-corrected chi connectivity index (χ4v) is 4.81. The van der Waals surface area contributed by atoms with Crippen molar-refractivity contribution in [2.45, 2.75) is 36.8 Å². The first-order valence-electron chi connectivity index (χ1n) is 6.33. The van der Waals surface area contributed by atoms with Crippen LogP contribution in [0.5, 0.6) is 0 Å². The second-order valence-electron chi connectivity index (χ2n) is 4.89. The third kappa shape index (κ3) is 2.59. The van der Waals surface area contributed by atoms with Crippen LogP contribution in [-0.4, -0.2) is 23.8 Å². The number of hydrogen-bond acceptors (Lipinski definition) is 3. The first kappa shape index (κ1) is 14.3. The van der Waals surface area contributed by atoms with E-state index in [1.54, 1.807) is 18.3 Å². The Bertz CT molecular complexity index is 753. The molecule has 1 aliphatic rings. The summed E-state index contributed by atoms with van der Waals surface area (Å²) in [5.41, 5.74) is 0.505. The summed E-state index contributed by atoms with van der Waals surface area (Å²) in [5, 5.41) is -0.00374. The molecule has 0 amide bonds. The molecule has 2 aromatic rings. The van der Waals surface area contributed by atoms with Crippen molar-refractivity contribution in [3.05, 3.63) is 28.0 Å². The topological polar surface area (TPSA) is 63.5 Å². The van der Waals surface area contributed by atoms with Gasteiger partial charge in [-0.05, 0) is 40.9 Å². The number of sulfonamides is 1. The van der Waals surface area contributed by atoms with Crippen LogP contribution in [0.1, 0.15) is 25.7 Å². The lowest BCUT2D eigenvalue weighted by Gasteiger charge is -2.12. The fraction of sp³-hybridized carbons (Fsp3) is 0.417. The normalized spacial score (nSPS) is 17.1. The molecule has 1 saturated carbocycles. The van der Waals surface area contributed by atoms with Gasteiger partial charge in [0.2, 0.25) is 0 Å². The number of aromatic nitrogens is 2. The second kappa shape index (κ2) is 5.29. The molecule has 0 saturated heterocycles. The highest BCUT2D eigenvalue weighted by Crippen LogP contribution is 2.26. The summed E-state index contributed by atoms with van der Waals surface area (Å²) in [6.07, 6.45) is 5.51. The molecule has 0 atom stereocenters. The molecule has 2 heterocycles. The Morgan fingerprint density at radius 3 is 2.75 bits per heavy atom. The number of rotatable bonds is 3. The zero-order valence-electron chi connectivity index (χ0n) is 10.5. The summed E-state index contributed by atoms with van der Waals surface area (Å²) in [5.74, 6) is 0. The zero-order valence-corrected chi connectivity index (χ0v) is 13.7. The largest absolute Gasteiger partial charge is 0.287 e. The van der Waals surface area contributed by atoms with Crippen LogP contribution in [0.2, 0.25) is 5.15 Å². The maximum atomic E-state index is 12.5. The lowest BCUT2D eigenvalue weighted by atomic mass is 10.3. The van der Waals surface area contributed by atoms with Crippen molar-refractivity contribution in [2.24, 2.45) is 0 Å². The number of nitrogens with zero attached hydrogens (tertiary/aromatic N) is 2. The van der Waals surface area contributed by atoms with Gasteiger partial charge in [0.1, 0.15) is 5.65 Å². The Labute approximate surface area is 130 Å². The highest BCUT2D eigenvalue weighted by molar-refractivity contribution is 9.10. The minimum Gasteiger partial charge on any atom is -0.287 e. The third-order valence-corrected chi connectivity index (χ3v) is 5.82. The van der Waals surface area contributed by atoms with Crippen LogP contribution in [0.15, 0.2) is 27.8 Å². The van der Waals surface area contributed by atoms with Crippen molar-refractivity contribution in [2.75, 3.05) is 0 Å². The minimum atomic E-state index is -3.68. The van der Waals surface area contributed by atoms with E-state index in [0.29, 0.717) is 5.65 Å². The summed E-state index contributed by atoms with van der Waals surface area (Å²) in [4.78, 5) is 4.08. The molecule has 0 unspecified atom stereocenters. The molecule has 0 spiro atoms. The second-order valence-corrected chi connectivity index (χ2v) is 7.79. The predicted octanol–water partition coefficient (Wildman–Crippen LogP) is 2.97. The van der Waals surface area contributed by atoms with E-state index in [1.807, 2.05) is 0 Å². The standard InChI is InChI=1S/C12H13BrClN3O2S/c13-8-5-6-10-15-11(14)12(17(10)7-8)20(18,19)16-9-3-1-2-4-9/h5-7,9,16H,1-4H2. The van der Waals surface area contributed by atoms with Gasteiger partial charge in [-0.2, -0.15) is 0 Å². The molecule has 5 nitrogen and oxygen atoms in total. The molecular weight excluding hydrogens is 366 g/mol. The summed E-state index contributed by atoms with van der Waals surface area (Å²) >= 11 is 9.35. The van der Waals surface area contributed by atoms with Crippen LogP contribution in [-0.2, 0) is 10.0 Å². The quantitative estimate of drug-likeness (QED) is 0.893. The van der Waals surface area contributed by atoms with Crippen LogP contribution >= 0.6 is 27.5 Å². The highest BCUT2D eigenvalue weighted by atomic mass is 79.9. The SMILES string of the molecule is O=S(=O)(NC1CCCC1)c1c(Cl)nc2ccc(Br)cn12. The molecule has 8 heteroatoms. The maximum Gasteiger partial charge on any atom is 0.260 e. The predicted molar refractivity (Wildman–Crippen MR) is 80.5 cm³/mol. The summed E-state index contributed by atoms with van der Waals surface area (Å²) < 4.78 is 30.0. The Balaban J connectivity index is 2.07.